The van der Waals surface area contributed by atoms with Crippen LogP contribution in [-0.4, -0.2) is 22.1 Å². The summed E-state index contributed by atoms with van der Waals surface area (Å²) in [5.41, 5.74) is 5.09. The number of nitrogen functional groups attached to an aromatic ring is 1. The van der Waals surface area contributed by atoms with E-state index >= 15 is 0 Å². The Labute approximate surface area is 86.7 Å². The number of nitrogens with zero attached hydrogens (tertiary/aromatic N) is 2. The molecular formula is C9H13N3O3. The van der Waals surface area contributed by atoms with Gasteiger partial charge in [-0.15, -0.1) is 0 Å². The van der Waals surface area contributed by atoms with E-state index < -0.39 is 5.69 Å². The highest BCUT2D eigenvalue weighted by molar-refractivity contribution is 5.69. The number of anilines is 1. The molecule has 0 spiro atoms. The van der Waals surface area contributed by atoms with Crippen molar-refractivity contribution in [2.24, 2.45) is 0 Å². The van der Waals surface area contributed by atoms with Crippen LogP contribution in [0, 0.1) is 0 Å². The average Bonchev–Trinajstić information content (AvgIpc) is 2.17. The van der Waals surface area contributed by atoms with E-state index in [1.54, 1.807) is 6.92 Å². The summed E-state index contributed by atoms with van der Waals surface area (Å²) < 4.78 is 5.96. The van der Waals surface area contributed by atoms with Crippen LogP contribution in [0.25, 0.3) is 0 Å². The van der Waals surface area contributed by atoms with Crippen LogP contribution in [0.2, 0.25) is 0 Å². The number of carbonyl (C=O) groups is 1. The molecule has 15 heavy (non-hydrogen) atoms. The molecular weight excluding hydrogens is 198 g/mol. The van der Waals surface area contributed by atoms with E-state index in [0.717, 1.165) is 0 Å². The van der Waals surface area contributed by atoms with Crippen LogP contribution < -0.4 is 11.4 Å². The first-order valence-electron chi connectivity index (χ1n) is 4.62. The number of rotatable bonds is 4. The largest absolute Gasteiger partial charge is 0.466 e. The normalized spacial score (nSPS) is 9.93. The summed E-state index contributed by atoms with van der Waals surface area (Å²) in [6, 6.07) is 1.51. The zero-order valence-electron chi connectivity index (χ0n) is 8.47. The first-order chi connectivity index (χ1) is 7.15. The van der Waals surface area contributed by atoms with E-state index in [0.29, 0.717) is 12.4 Å². The van der Waals surface area contributed by atoms with Gasteiger partial charge in [0.2, 0.25) is 0 Å². The third-order valence-corrected chi connectivity index (χ3v) is 1.82. The van der Waals surface area contributed by atoms with Gasteiger partial charge in [0.05, 0.1) is 13.0 Å². The van der Waals surface area contributed by atoms with E-state index in [4.69, 9.17) is 10.5 Å². The number of ether oxygens (including phenoxy) is 1. The molecule has 0 atom stereocenters. The van der Waals surface area contributed by atoms with Gasteiger partial charge in [0, 0.05) is 12.7 Å². The van der Waals surface area contributed by atoms with Gasteiger partial charge in [-0.2, -0.15) is 0 Å². The van der Waals surface area contributed by atoms with Crippen LogP contribution in [0.5, 0.6) is 0 Å². The van der Waals surface area contributed by atoms with Gasteiger partial charge in [-0.3, -0.25) is 9.36 Å². The zero-order chi connectivity index (χ0) is 11.3. The molecule has 1 heterocycles. The third-order valence-electron chi connectivity index (χ3n) is 1.82. The van der Waals surface area contributed by atoms with Crippen molar-refractivity contribution in [2.45, 2.75) is 19.9 Å². The molecule has 0 fully saturated rings. The second kappa shape index (κ2) is 5.14. The molecule has 0 saturated heterocycles. The van der Waals surface area contributed by atoms with E-state index in [1.807, 2.05) is 0 Å². The zero-order valence-corrected chi connectivity index (χ0v) is 8.47. The predicted octanol–water partition coefficient (Wildman–Crippen LogP) is -0.221. The Bertz CT molecular complexity index is 400. The van der Waals surface area contributed by atoms with E-state index in [2.05, 4.69) is 4.98 Å². The molecule has 2 N–H and O–H groups in total. The van der Waals surface area contributed by atoms with Crippen molar-refractivity contribution in [1.29, 1.82) is 0 Å². The van der Waals surface area contributed by atoms with Crippen LogP contribution in [0.4, 0.5) is 5.82 Å². The first-order valence-corrected chi connectivity index (χ1v) is 4.62. The molecule has 0 aliphatic heterocycles. The number of esters is 1. The molecule has 0 aliphatic carbocycles. The van der Waals surface area contributed by atoms with Gasteiger partial charge in [-0.1, -0.05) is 0 Å². The summed E-state index contributed by atoms with van der Waals surface area (Å²) in [4.78, 5) is 25.8. The first kappa shape index (κ1) is 11.2. The van der Waals surface area contributed by atoms with Gasteiger partial charge in [-0.25, -0.2) is 9.78 Å². The number of hydrogen-bond donors (Lipinski definition) is 1. The summed E-state index contributed by atoms with van der Waals surface area (Å²) in [7, 11) is 0. The molecule has 0 radical (unpaired) electrons. The minimum absolute atomic E-state index is 0.115. The van der Waals surface area contributed by atoms with Crippen molar-refractivity contribution in [1.82, 2.24) is 9.55 Å². The van der Waals surface area contributed by atoms with Gasteiger partial charge in [0.1, 0.15) is 5.82 Å². The molecule has 0 unspecified atom stereocenters. The summed E-state index contributed by atoms with van der Waals surface area (Å²) >= 11 is 0. The van der Waals surface area contributed by atoms with E-state index in [-0.39, 0.29) is 18.9 Å². The fraction of sp³-hybridized carbons (Fsp3) is 0.444. The Kier molecular flexibility index (Phi) is 3.84. The summed E-state index contributed by atoms with van der Waals surface area (Å²) in [6.07, 6.45) is 1.45. The van der Waals surface area contributed by atoms with Crippen LogP contribution in [0.3, 0.4) is 0 Å². The summed E-state index contributed by atoms with van der Waals surface area (Å²) in [6.45, 7) is 2.25. The topological polar surface area (TPSA) is 87.2 Å². The molecule has 0 aromatic carbocycles. The Morgan fingerprint density at radius 1 is 1.67 bits per heavy atom. The van der Waals surface area contributed by atoms with Crippen LogP contribution in [0.15, 0.2) is 17.1 Å². The monoisotopic (exact) mass is 211 g/mol. The summed E-state index contributed by atoms with van der Waals surface area (Å²) in [5.74, 6) is -0.0630. The maximum atomic E-state index is 11.2. The third kappa shape index (κ3) is 3.08. The molecule has 1 aromatic heterocycles. The lowest BCUT2D eigenvalue weighted by Gasteiger charge is -2.07. The molecule has 1 rings (SSSR count). The maximum Gasteiger partial charge on any atom is 0.349 e. The number of nitrogens with two attached hydrogens (primary N) is 1. The van der Waals surface area contributed by atoms with Crippen molar-refractivity contribution in [3.63, 3.8) is 0 Å². The lowest BCUT2D eigenvalue weighted by molar-refractivity contribution is -0.143. The lowest BCUT2D eigenvalue weighted by atomic mass is 10.4. The molecule has 1 aromatic rings. The number of aromatic nitrogens is 2. The quantitative estimate of drug-likeness (QED) is 0.695. The second-order valence-corrected chi connectivity index (χ2v) is 2.86. The Morgan fingerprint density at radius 3 is 3.00 bits per heavy atom. The number of carbonyl (C=O) groups excluding carboxylic acids is 1. The van der Waals surface area contributed by atoms with E-state index in [1.165, 1.54) is 16.8 Å². The maximum absolute atomic E-state index is 11.2. The fourth-order valence-electron chi connectivity index (χ4n) is 1.11. The van der Waals surface area contributed by atoms with Gasteiger partial charge in [0.25, 0.3) is 0 Å². The minimum atomic E-state index is -0.459. The molecule has 0 saturated carbocycles. The second-order valence-electron chi connectivity index (χ2n) is 2.86. The van der Waals surface area contributed by atoms with Gasteiger partial charge >= 0.3 is 11.7 Å². The molecule has 6 nitrogen and oxygen atoms in total. The minimum Gasteiger partial charge on any atom is -0.466 e. The van der Waals surface area contributed by atoms with Crippen LogP contribution in [-0.2, 0) is 16.1 Å². The standard InChI is InChI=1S/C9H13N3O3/c1-2-15-8(13)4-6-12-7(10)3-5-11-9(12)14/h3,5H,2,4,6,10H2,1H3. The predicted molar refractivity (Wildman–Crippen MR) is 54.2 cm³/mol. The average molecular weight is 211 g/mol. The van der Waals surface area contributed by atoms with E-state index in [9.17, 15) is 9.59 Å². The Hall–Kier alpha value is -1.85. The molecule has 6 heteroatoms. The van der Waals surface area contributed by atoms with Crippen molar-refractivity contribution < 1.29 is 9.53 Å². The smallest absolute Gasteiger partial charge is 0.349 e. The van der Waals surface area contributed by atoms with Crippen molar-refractivity contribution in [3.8, 4) is 0 Å². The highest BCUT2D eigenvalue weighted by Gasteiger charge is 2.05. The van der Waals surface area contributed by atoms with Gasteiger partial charge < -0.3 is 10.5 Å². The van der Waals surface area contributed by atoms with Crippen LogP contribution >= 0.6 is 0 Å². The molecule has 0 aliphatic rings. The van der Waals surface area contributed by atoms with Crippen LogP contribution in [0.1, 0.15) is 13.3 Å². The highest BCUT2D eigenvalue weighted by Crippen LogP contribution is 1.98. The van der Waals surface area contributed by atoms with Crippen molar-refractivity contribution in [3.05, 3.63) is 22.7 Å². The molecule has 82 valence electrons. The van der Waals surface area contributed by atoms with Gasteiger partial charge in [-0.05, 0) is 13.0 Å². The lowest BCUT2D eigenvalue weighted by Crippen LogP contribution is -2.26. The van der Waals surface area contributed by atoms with Crippen molar-refractivity contribution >= 4 is 11.8 Å². The molecule has 0 amide bonds. The Morgan fingerprint density at radius 2 is 2.40 bits per heavy atom. The molecule has 0 bridgehead atoms. The fourth-order valence-corrected chi connectivity index (χ4v) is 1.11. The number of hydrogen-bond acceptors (Lipinski definition) is 5. The SMILES string of the molecule is CCOC(=O)CCn1c(N)ccnc1=O. The highest BCUT2D eigenvalue weighted by atomic mass is 16.5. The summed E-state index contributed by atoms with van der Waals surface area (Å²) in [5, 5.41) is 0. The van der Waals surface area contributed by atoms with Gasteiger partial charge in [0.15, 0.2) is 0 Å². The Balaban J connectivity index is 2.65. The van der Waals surface area contributed by atoms with Crippen molar-refractivity contribution in [2.75, 3.05) is 12.3 Å².